The Morgan fingerprint density at radius 3 is 2.52 bits per heavy atom. The molecule has 10 heteroatoms. The van der Waals surface area contributed by atoms with Crippen LogP contribution in [0.25, 0.3) is 0 Å². The molecule has 1 aromatic heterocycles. The Labute approximate surface area is 174 Å². The first-order valence-corrected chi connectivity index (χ1v) is 9.45. The molecule has 0 fully saturated rings. The van der Waals surface area contributed by atoms with E-state index < -0.39 is 10.8 Å². The molecule has 148 valence electrons. The van der Waals surface area contributed by atoms with E-state index >= 15 is 0 Å². The number of carbonyl (C=O) groups is 1. The number of benzene rings is 2. The number of nitro groups is 1. The molecule has 29 heavy (non-hydrogen) atoms. The number of amides is 1. The quantitative estimate of drug-likeness (QED) is 0.359. The zero-order valence-electron chi connectivity index (χ0n) is 15.3. The summed E-state index contributed by atoms with van der Waals surface area (Å²) in [6.07, 6.45) is 1.92. The molecule has 0 atom stereocenters. The fourth-order valence-electron chi connectivity index (χ4n) is 2.64. The first-order chi connectivity index (χ1) is 14.0. The van der Waals surface area contributed by atoms with Crippen LogP contribution < -0.4 is 16.2 Å². The highest BCUT2D eigenvalue weighted by Gasteiger charge is 2.24. The zero-order chi connectivity index (χ0) is 20.8. The summed E-state index contributed by atoms with van der Waals surface area (Å²) in [6.45, 7) is 1.99. The van der Waals surface area contributed by atoms with Crippen LogP contribution in [0.5, 0.6) is 0 Å². The number of rotatable bonds is 7. The number of halogens is 1. The number of hydrazine groups is 1. The minimum Gasteiger partial charge on any atom is -0.334 e. The van der Waals surface area contributed by atoms with Gasteiger partial charge in [0.2, 0.25) is 11.6 Å². The predicted molar refractivity (Wildman–Crippen MR) is 113 cm³/mol. The van der Waals surface area contributed by atoms with E-state index in [2.05, 4.69) is 42.1 Å². The van der Waals surface area contributed by atoms with Gasteiger partial charge in [0.25, 0.3) is 5.91 Å². The average Bonchev–Trinajstić information content (AvgIpc) is 2.72. The monoisotopic (exact) mass is 456 g/mol. The maximum atomic E-state index is 12.3. The van der Waals surface area contributed by atoms with Crippen molar-refractivity contribution in [2.45, 2.75) is 13.3 Å². The molecule has 9 nitrogen and oxygen atoms in total. The Balaban J connectivity index is 1.86. The molecular weight excluding hydrogens is 440 g/mol. The maximum absolute atomic E-state index is 12.3. The molecular formula is C19H17BrN6O3. The van der Waals surface area contributed by atoms with Gasteiger partial charge in [0.15, 0.2) is 0 Å². The van der Waals surface area contributed by atoms with Crippen LogP contribution in [-0.4, -0.2) is 20.8 Å². The van der Waals surface area contributed by atoms with Crippen LogP contribution in [0.15, 0.2) is 59.3 Å². The minimum absolute atomic E-state index is 0.0172. The molecule has 0 spiro atoms. The van der Waals surface area contributed by atoms with E-state index in [0.717, 1.165) is 12.0 Å². The number of carbonyl (C=O) groups excluding carboxylic acids is 1. The predicted octanol–water partition coefficient (Wildman–Crippen LogP) is 4.21. The lowest BCUT2D eigenvalue weighted by Gasteiger charge is -2.13. The lowest BCUT2D eigenvalue weighted by Crippen LogP contribution is -2.30. The van der Waals surface area contributed by atoms with Crippen molar-refractivity contribution in [2.24, 2.45) is 0 Å². The zero-order valence-corrected chi connectivity index (χ0v) is 16.9. The van der Waals surface area contributed by atoms with E-state index in [-0.39, 0.29) is 17.3 Å². The van der Waals surface area contributed by atoms with Crippen molar-refractivity contribution in [3.8, 4) is 0 Å². The van der Waals surface area contributed by atoms with Gasteiger partial charge in [-0.2, -0.15) is 0 Å². The molecule has 0 aliphatic rings. The van der Waals surface area contributed by atoms with Crippen molar-refractivity contribution in [2.75, 3.05) is 10.7 Å². The van der Waals surface area contributed by atoms with E-state index in [4.69, 9.17) is 0 Å². The van der Waals surface area contributed by atoms with Crippen molar-refractivity contribution in [3.05, 3.63) is 80.6 Å². The van der Waals surface area contributed by atoms with E-state index in [1.807, 2.05) is 31.2 Å². The third kappa shape index (κ3) is 4.66. The third-order valence-corrected chi connectivity index (χ3v) is 4.76. The topological polar surface area (TPSA) is 122 Å². The number of nitrogens with one attached hydrogen (secondary N) is 3. The van der Waals surface area contributed by atoms with E-state index in [9.17, 15) is 14.9 Å². The number of hydrogen-bond acceptors (Lipinski definition) is 7. The fraction of sp³-hybridized carbons (Fsp3) is 0.105. The van der Waals surface area contributed by atoms with Crippen molar-refractivity contribution < 1.29 is 9.72 Å². The van der Waals surface area contributed by atoms with Gasteiger partial charge in [0.05, 0.1) is 10.5 Å². The lowest BCUT2D eigenvalue weighted by molar-refractivity contribution is -0.383. The van der Waals surface area contributed by atoms with Gasteiger partial charge in [-0.1, -0.05) is 37.3 Å². The second kappa shape index (κ2) is 9.11. The Kier molecular flexibility index (Phi) is 6.35. The molecule has 0 saturated heterocycles. The van der Waals surface area contributed by atoms with E-state index in [1.54, 1.807) is 24.3 Å². The summed E-state index contributed by atoms with van der Waals surface area (Å²) < 4.78 is 0.593. The summed E-state index contributed by atoms with van der Waals surface area (Å²) in [7, 11) is 0. The van der Waals surface area contributed by atoms with Crippen molar-refractivity contribution in [1.29, 1.82) is 0 Å². The van der Waals surface area contributed by atoms with E-state index in [1.165, 1.54) is 6.33 Å². The van der Waals surface area contributed by atoms with Crippen LogP contribution in [0.1, 0.15) is 22.8 Å². The number of hydrogen-bond donors (Lipinski definition) is 3. The van der Waals surface area contributed by atoms with Crippen LogP contribution in [0.2, 0.25) is 0 Å². The first-order valence-electron chi connectivity index (χ1n) is 8.66. The molecule has 0 saturated carbocycles. The van der Waals surface area contributed by atoms with Crippen molar-refractivity contribution >= 4 is 44.8 Å². The Bertz CT molecular complexity index is 1060. The highest BCUT2D eigenvalue weighted by atomic mass is 79.9. The van der Waals surface area contributed by atoms with Crippen LogP contribution >= 0.6 is 15.9 Å². The summed E-state index contributed by atoms with van der Waals surface area (Å²) in [5, 5.41) is 14.7. The van der Waals surface area contributed by atoms with Gasteiger partial charge in [-0.15, -0.1) is 0 Å². The number of nitrogens with zero attached hydrogens (tertiary/aromatic N) is 3. The van der Waals surface area contributed by atoms with Gasteiger partial charge in [-0.25, -0.2) is 9.97 Å². The van der Waals surface area contributed by atoms with Gasteiger partial charge < -0.3 is 5.32 Å². The highest BCUT2D eigenvalue weighted by Crippen LogP contribution is 2.31. The molecule has 3 aromatic rings. The van der Waals surface area contributed by atoms with Crippen LogP contribution in [0.3, 0.4) is 0 Å². The molecule has 0 unspecified atom stereocenters. The third-order valence-electron chi connectivity index (χ3n) is 4.07. The second-order valence-electron chi connectivity index (χ2n) is 5.87. The highest BCUT2D eigenvalue weighted by molar-refractivity contribution is 9.10. The summed E-state index contributed by atoms with van der Waals surface area (Å²) in [5.74, 6) is -0.596. The van der Waals surface area contributed by atoms with Crippen LogP contribution in [0, 0.1) is 10.1 Å². The molecule has 1 heterocycles. The summed E-state index contributed by atoms with van der Waals surface area (Å²) in [5.41, 5.74) is 6.62. The second-order valence-corrected chi connectivity index (χ2v) is 6.73. The van der Waals surface area contributed by atoms with Gasteiger partial charge in [-0.05, 0) is 46.1 Å². The van der Waals surface area contributed by atoms with Gasteiger partial charge >= 0.3 is 5.69 Å². The minimum atomic E-state index is -0.607. The van der Waals surface area contributed by atoms with Gasteiger partial charge in [-0.3, -0.25) is 25.8 Å². The summed E-state index contributed by atoms with van der Waals surface area (Å²) in [4.78, 5) is 31.3. The molecule has 0 aliphatic heterocycles. The average molecular weight is 457 g/mol. The number of anilines is 3. The Hall–Kier alpha value is -3.53. The van der Waals surface area contributed by atoms with Gasteiger partial charge in [0, 0.05) is 10.2 Å². The maximum Gasteiger partial charge on any atom is 0.355 e. The largest absolute Gasteiger partial charge is 0.355 e. The molecule has 0 aliphatic carbocycles. The molecule has 3 rings (SSSR count). The molecule has 0 radical (unpaired) electrons. The molecule has 0 bridgehead atoms. The molecule has 3 N–H and O–H groups in total. The Morgan fingerprint density at radius 2 is 1.79 bits per heavy atom. The normalized spacial score (nSPS) is 10.3. The number of aryl methyl sites for hydroxylation is 1. The van der Waals surface area contributed by atoms with E-state index in [0.29, 0.717) is 15.7 Å². The number of para-hydroxylation sites is 1. The van der Waals surface area contributed by atoms with Gasteiger partial charge in [0.1, 0.15) is 6.33 Å². The fourth-order valence-corrected chi connectivity index (χ4v) is 3.11. The van der Waals surface area contributed by atoms with Crippen LogP contribution in [0.4, 0.5) is 23.0 Å². The Morgan fingerprint density at radius 1 is 1.10 bits per heavy atom. The summed E-state index contributed by atoms with van der Waals surface area (Å²) in [6, 6.07) is 14.3. The van der Waals surface area contributed by atoms with Crippen molar-refractivity contribution in [1.82, 2.24) is 15.4 Å². The molecule has 1 amide bonds. The lowest BCUT2D eigenvalue weighted by atomic mass is 10.1. The summed E-state index contributed by atoms with van der Waals surface area (Å²) >= 11 is 3.29. The number of aromatic nitrogens is 2. The SMILES string of the molecule is CCc1ccccc1Nc1ncnc(NNC(=O)c2ccccc2Br)c1[N+](=O)[O-]. The van der Waals surface area contributed by atoms with Crippen LogP contribution in [-0.2, 0) is 6.42 Å². The first kappa shape index (κ1) is 20.2. The standard InChI is InChI=1S/C19H17BrN6O3/c1-2-12-7-3-6-10-15(12)23-17-16(26(28)29)18(22-11-21-17)24-25-19(27)13-8-4-5-9-14(13)20/h3-11H,2H2,1H3,(H,25,27)(H2,21,22,23,24). The van der Waals surface area contributed by atoms with Crippen molar-refractivity contribution in [3.63, 3.8) is 0 Å². The smallest absolute Gasteiger partial charge is 0.334 e. The molecule has 2 aromatic carbocycles.